The largest absolute Gasteiger partial charge is 0.481 e. The molecule has 0 amide bonds. The summed E-state index contributed by atoms with van der Waals surface area (Å²) in [5.41, 5.74) is 0. The first-order chi connectivity index (χ1) is 2.27. The standard InChI is InChI=1S/C3H6O2.Cd/c1-2-3(4)5;/h2H2,1H3,(H,4,5);. The van der Waals surface area contributed by atoms with E-state index in [4.69, 9.17) is 5.11 Å². The van der Waals surface area contributed by atoms with Gasteiger partial charge in [-0.25, -0.2) is 0 Å². The Balaban J connectivity index is 0. The molecule has 0 saturated carbocycles. The van der Waals surface area contributed by atoms with Crippen molar-refractivity contribution in [1.82, 2.24) is 0 Å². The first-order valence-corrected chi connectivity index (χ1v) is 1.49. The number of hydrogen-bond donors (Lipinski definition) is 1. The fraction of sp³-hybridized carbons (Fsp3) is 0.667. The van der Waals surface area contributed by atoms with Crippen molar-refractivity contribution in [1.29, 1.82) is 0 Å². The van der Waals surface area contributed by atoms with E-state index in [0.717, 1.165) is 0 Å². The van der Waals surface area contributed by atoms with Gasteiger partial charge in [0.15, 0.2) is 0 Å². The van der Waals surface area contributed by atoms with E-state index in [1.807, 2.05) is 0 Å². The van der Waals surface area contributed by atoms with E-state index in [0.29, 0.717) is 0 Å². The van der Waals surface area contributed by atoms with Crippen LogP contribution in [-0.2, 0) is 32.1 Å². The molecule has 0 aliphatic heterocycles. The van der Waals surface area contributed by atoms with Gasteiger partial charge in [0.25, 0.3) is 0 Å². The monoisotopic (exact) mass is 188 g/mol. The molecule has 0 aromatic heterocycles. The van der Waals surface area contributed by atoms with Crippen molar-refractivity contribution in [2.24, 2.45) is 0 Å². The minimum atomic E-state index is -0.745. The van der Waals surface area contributed by atoms with Crippen LogP contribution < -0.4 is 0 Å². The molecule has 0 radical (unpaired) electrons. The molecule has 0 aromatic carbocycles. The average Bonchev–Trinajstić information content (AvgIpc) is 1.38. The van der Waals surface area contributed by atoms with E-state index in [2.05, 4.69) is 0 Å². The quantitative estimate of drug-likeness (QED) is 0.605. The van der Waals surface area contributed by atoms with Crippen molar-refractivity contribution in [3.05, 3.63) is 0 Å². The third kappa shape index (κ3) is 8.83. The van der Waals surface area contributed by atoms with E-state index in [1.165, 1.54) is 0 Å². The van der Waals surface area contributed by atoms with Crippen molar-refractivity contribution < 1.29 is 37.2 Å². The minimum Gasteiger partial charge on any atom is -0.481 e. The number of carbonyl (C=O) groups is 1. The van der Waals surface area contributed by atoms with Crippen LogP contribution in [0.4, 0.5) is 0 Å². The van der Waals surface area contributed by atoms with Gasteiger partial charge in [0, 0.05) is 33.7 Å². The van der Waals surface area contributed by atoms with Crippen LogP contribution in [0.15, 0.2) is 0 Å². The zero-order valence-electron chi connectivity index (χ0n) is 3.77. The van der Waals surface area contributed by atoms with Gasteiger partial charge in [0.05, 0.1) is 0 Å². The molecule has 0 bridgehead atoms. The fourth-order valence-corrected chi connectivity index (χ4v) is 0. The van der Waals surface area contributed by atoms with Crippen molar-refractivity contribution >= 4 is 5.97 Å². The Kier molecular flexibility index (Phi) is 8.66. The first-order valence-electron chi connectivity index (χ1n) is 1.49. The molecule has 0 aromatic rings. The molecular formula is C3H6CdO2. The second kappa shape index (κ2) is 5.39. The third-order valence-corrected chi connectivity index (χ3v) is 0.302. The molecule has 1 N–H and O–H groups in total. The summed E-state index contributed by atoms with van der Waals surface area (Å²) in [6.07, 6.45) is 0.222. The maximum Gasteiger partial charge on any atom is 0.303 e. The van der Waals surface area contributed by atoms with Gasteiger partial charge in [0.1, 0.15) is 0 Å². The summed E-state index contributed by atoms with van der Waals surface area (Å²) in [6, 6.07) is 0. The Bertz CT molecular complexity index is 44.1. The van der Waals surface area contributed by atoms with E-state index in [9.17, 15) is 4.79 Å². The third-order valence-electron chi connectivity index (χ3n) is 0.302. The van der Waals surface area contributed by atoms with Gasteiger partial charge in [-0.1, -0.05) is 6.92 Å². The topological polar surface area (TPSA) is 37.3 Å². The molecule has 0 heterocycles. The molecule has 0 aliphatic carbocycles. The molecule has 0 saturated heterocycles. The van der Waals surface area contributed by atoms with Gasteiger partial charge in [0.2, 0.25) is 0 Å². The van der Waals surface area contributed by atoms with Crippen LogP contribution >= 0.6 is 0 Å². The molecule has 0 unspecified atom stereocenters. The van der Waals surface area contributed by atoms with E-state index < -0.39 is 5.97 Å². The van der Waals surface area contributed by atoms with Crippen molar-refractivity contribution in [2.75, 3.05) is 0 Å². The second-order valence-electron chi connectivity index (χ2n) is 0.747. The molecule has 0 rings (SSSR count). The van der Waals surface area contributed by atoms with Crippen molar-refractivity contribution in [3.63, 3.8) is 0 Å². The summed E-state index contributed by atoms with van der Waals surface area (Å²) < 4.78 is 0. The number of carboxylic acids is 1. The molecule has 6 heavy (non-hydrogen) atoms. The smallest absolute Gasteiger partial charge is 0.303 e. The van der Waals surface area contributed by atoms with Gasteiger partial charge in [-0.3, -0.25) is 4.79 Å². The minimum absolute atomic E-state index is 0. The molecule has 0 fully saturated rings. The maximum atomic E-state index is 9.37. The predicted molar refractivity (Wildman–Crippen MR) is 17.9 cm³/mol. The molecule has 0 aliphatic rings. The summed E-state index contributed by atoms with van der Waals surface area (Å²) in [6.45, 7) is 1.60. The molecule has 3 heteroatoms. The molecule has 0 spiro atoms. The van der Waals surface area contributed by atoms with Crippen LogP contribution in [0.25, 0.3) is 0 Å². The van der Waals surface area contributed by atoms with Gasteiger partial charge in [-0.2, -0.15) is 0 Å². The van der Waals surface area contributed by atoms with Gasteiger partial charge < -0.3 is 5.11 Å². The molecule has 0 atom stereocenters. The van der Waals surface area contributed by atoms with Crippen molar-refractivity contribution in [3.8, 4) is 0 Å². The normalized spacial score (nSPS) is 6.17. The van der Waals surface area contributed by atoms with Gasteiger partial charge >= 0.3 is 5.97 Å². The number of carboxylic acid groups (broad SMARTS) is 1. The number of aliphatic carboxylic acids is 1. The Morgan fingerprint density at radius 3 is 2.00 bits per heavy atom. The van der Waals surface area contributed by atoms with Crippen LogP contribution in [0.1, 0.15) is 13.3 Å². The average molecular weight is 186 g/mol. The van der Waals surface area contributed by atoms with Gasteiger partial charge in [-0.05, 0) is 0 Å². The molecular weight excluding hydrogens is 180 g/mol. The summed E-state index contributed by atoms with van der Waals surface area (Å²) in [5, 5.41) is 7.72. The number of hydrogen-bond acceptors (Lipinski definition) is 1. The Morgan fingerprint density at radius 2 is 2.00 bits per heavy atom. The summed E-state index contributed by atoms with van der Waals surface area (Å²) in [4.78, 5) is 9.37. The Morgan fingerprint density at radius 1 is 1.83 bits per heavy atom. The summed E-state index contributed by atoms with van der Waals surface area (Å²) >= 11 is 0. The van der Waals surface area contributed by atoms with Crippen LogP contribution in [0, 0.1) is 0 Å². The Hall–Kier alpha value is 0.392. The summed E-state index contributed by atoms with van der Waals surface area (Å²) in [5.74, 6) is -0.745. The van der Waals surface area contributed by atoms with Crippen LogP contribution in [-0.4, -0.2) is 11.1 Å². The SMILES string of the molecule is CCC(=O)O.[Cd]. The fourth-order valence-electron chi connectivity index (χ4n) is 0. The van der Waals surface area contributed by atoms with E-state index in [1.54, 1.807) is 6.92 Å². The van der Waals surface area contributed by atoms with Gasteiger partial charge in [-0.15, -0.1) is 0 Å². The Labute approximate surface area is 56.7 Å². The van der Waals surface area contributed by atoms with E-state index >= 15 is 0 Å². The zero-order chi connectivity index (χ0) is 4.28. The molecule has 32 valence electrons. The van der Waals surface area contributed by atoms with Crippen LogP contribution in [0.5, 0.6) is 0 Å². The zero-order valence-corrected chi connectivity index (χ0v) is 7.81. The second-order valence-corrected chi connectivity index (χ2v) is 0.747. The maximum absolute atomic E-state index is 9.37. The van der Waals surface area contributed by atoms with E-state index in [-0.39, 0.29) is 33.7 Å². The van der Waals surface area contributed by atoms with Crippen molar-refractivity contribution in [2.45, 2.75) is 13.3 Å². The van der Waals surface area contributed by atoms with Crippen LogP contribution in [0.3, 0.4) is 0 Å². The molecule has 2 nitrogen and oxygen atoms in total. The summed E-state index contributed by atoms with van der Waals surface area (Å²) in [7, 11) is 0. The first kappa shape index (κ1) is 9.63. The predicted octanol–water partition coefficient (Wildman–Crippen LogP) is 0.478. The van der Waals surface area contributed by atoms with Crippen LogP contribution in [0.2, 0.25) is 0 Å². The number of rotatable bonds is 1.